The van der Waals surface area contributed by atoms with Gasteiger partial charge in [0.05, 0.1) is 5.02 Å². The van der Waals surface area contributed by atoms with Crippen molar-refractivity contribution in [1.29, 1.82) is 0 Å². The van der Waals surface area contributed by atoms with E-state index in [0.717, 1.165) is 20.7 Å². The molecule has 0 radical (unpaired) electrons. The van der Waals surface area contributed by atoms with Gasteiger partial charge in [-0.15, -0.1) is 21.5 Å². The summed E-state index contributed by atoms with van der Waals surface area (Å²) >= 11 is 9.09. The molecule has 0 unspecified atom stereocenters. The van der Waals surface area contributed by atoms with E-state index in [0.29, 0.717) is 21.5 Å². The van der Waals surface area contributed by atoms with Crippen LogP contribution in [0.2, 0.25) is 5.02 Å². The van der Waals surface area contributed by atoms with E-state index in [-0.39, 0.29) is 5.91 Å². The van der Waals surface area contributed by atoms with Gasteiger partial charge in [0.25, 0.3) is 5.91 Å². The van der Waals surface area contributed by atoms with Gasteiger partial charge in [0.1, 0.15) is 9.88 Å². The number of benzene rings is 2. The Morgan fingerprint density at radius 2 is 1.76 bits per heavy atom. The Hall–Kier alpha value is -2.28. The van der Waals surface area contributed by atoms with Gasteiger partial charge in [0.2, 0.25) is 5.13 Å². The van der Waals surface area contributed by atoms with Crippen LogP contribution in [0, 0.1) is 0 Å². The third-order valence-corrected chi connectivity index (χ3v) is 6.14. The van der Waals surface area contributed by atoms with Crippen molar-refractivity contribution in [2.24, 2.45) is 0 Å². The van der Waals surface area contributed by atoms with Gasteiger partial charge in [0.15, 0.2) is 0 Å². The summed E-state index contributed by atoms with van der Waals surface area (Å²) in [5.74, 6) is -0.256. The Morgan fingerprint density at radius 3 is 2.56 bits per heavy atom. The maximum atomic E-state index is 12.5. The Balaban J connectivity index is 1.52. The number of hydrogen-bond donors (Lipinski definition) is 1. The molecule has 0 fully saturated rings. The van der Waals surface area contributed by atoms with Crippen molar-refractivity contribution in [3.63, 3.8) is 0 Å². The van der Waals surface area contributed by atoms with Crippen LogP contribution in [0.25, 0.3) is 10.1 Å². The number of carbonyl (C=O) groups is 1. The van der Waals surface area contributed by atoms with Crippen LogP contribution in [-0.2, 0) is 6.42 Å². The molecule has 2 aromatic heterocycles. The van der Waals surface area contributed by atoms with Gasteiger partial charge >= 0.3 is 0 Å². The summed E-state index contributed by atoms with van der Waals surface area (Å²) in [5, 5.41) is 13.7. The molecule has 0 saturated carbocycles. The van der Waals surface area contributed by atoms with E-state index in [1.54, 1.807) is 0 Å². The van der Waals surface area contributed by atoms with E-state index in [1.165, 1.54) is 22.7 Å². The maximum Gasteiger partial charge on any atom is 0.269 e. The minimum absolute atomic E-state index is 0.256. The molecular formula is C18H12ClN3OS2. The second-order valence-corrected chi connectivity index (χ2v) is 7.85. The van der Waals surface area contributed by atoms with Crippen molar-refractivity contribution in [3.8, 4) is 0 Å². The summed E-state index contributed by atoms with van der Waals surface area (Å²) in [5.41, 5.74) is 1.16. The van der Waals surface area contributed by atoms with Crippen LogP contribution < -0.4 is 5.32 Å². The molecule has 2 aromatic carbocycles. The summed E-state index contributed by atoms with van der Waals surface area (Å²) in [6.45, 7) is 0. The smallest absolute Gasteiger partial charge is 0.269 e. The molecule has 0 aliphatic heterocycles. The first kappa shape index (κ1) is 16.2. The van der Waals surface area contributed by atoms with Gasteiger partial charge in [-0.25, -0.2) is 0 Å². The summed E-state index contributed by atoms with van der Waals surface area (Å²) in [4.78, 5) is 13.0. The van der Waals surface area contributed by atoms with Crippen molar-refractivity contribution in [1.82, 2.24) is 10.2 Å². The molecule has 7 heteroatoms. The molecule has 4 rings (SSSR count). The van der Waals surface area contributed by atoms with E-state index < -0.39 is 0 Å². The first-order valence-corrected chi connectivity index (χ1v) is 9.56. The quantitative estimate of drug-likeness (QED) is 0.522. The van der Waals surface area contributed by atoms with Gasteiger partial charge in [-0.1, -0.05) is 71.5 Å². The average Bonchev–Trinajstić information content (AvgIpc) is 3.20. The summed E-state index contributed by atoms with van der Waals surface area (Å²) in [7, 11) is 0. The van der Waals surface area contributed by atoms with Gasteiger partial charge in [-0.05, 0) is 11.6 Å². The third kappa shape index (κ3) is 3.42. The average molecular weight is 386 g/mol. The lowest BCUT2D eigenvalue weighted by Crippen LogP contribution is -2.10. The van der Waals surface area contributed by atoms with Gasteiger partial charge in [-0.2, -0.15) is 0 Å². The predicted octanol–water partition coefficient (Wildman–Crippen LogP) is 5.25. The van der Waals surface area contributed by atoms with Crippen molar-refractivity contribution >= 4 is 55.4 Å². The fourth-order valence-electron chi connectivity index (χ4n) is 2.46. The van der Waals surface area contributed by atoms with E-state index in [1.807, 2.05) is 54.6 Å². The van der Waals surface area contributed by atoms with Crippen molar-refractivity contribution < 1.29 is 4.79 Å². The second kappa shape index (κ2) is 6.92. The number of halogens is 1. The van der Waals surface area contributed by atoms with Crippen LogP contribution >= 0.6 is 34.3 Å². The highest BCUT2D eigenvalue weighted by atomic mass is 35.5. The van der Waals surface area contributed by atoms with Crippen LogP contribution in [0.5, 0.6) is 0 Å². The highest BCUT2D eigenvalue weighted by Gasteiger charge is 2.18. The van der Waals surface area contributed by atoms with Crippen molar-refractivity contribution in [2.45, 2.75) is 6.42 Å². The third-order valence-electron chi connectivity index (χ3n) is 3.63. The molecule has 0 atom stereocenters. The first-order valence-electron chi connectivity index (χ1n) is 7.55. The minimum Gasteiger partial charge on any atom is -0.296 e. The highest BCUT2D eigenvalue weighted by molar-refractivity contribution is 7.22. The number of nitrogens with one attached hydrogen (secondary N) is 1. The number of thiophene rings is 1. The van der Waals surface area contributed by atoms with E-state index in [2.05, 4.69) is 15.5 Å². The molecule has 0 aliphatic carbocycles. The first-order chi connectivity index (χ1) is 12.2. The Bertz CT molecular complexity index is 1040. The zero-order valence-corrected chi connectivity index (χ0v) is 15.3. The predicted molar refractivity (Wildman–Crippen MR) is 104 cm³/mol. The Labute approximate surface area is 157 Å². The highest BCUT2D eigenvalue weighted by Crippen LogP contribution is 2.35. The molecule has 0 spiro atoms. The number of carbonyl (C=O) groups excluding carboxylic acids is 1. The lowest BCUT2D eigenvalue weighted by Gasteiger charge is -1.98. The molecule has 1 N–H and O–H groups in total. The Kier molecular flexibility index (Phi) is 4.48. The summed E-state index contributed by atoms with van der Waals surface area (Å²) < 4.78 is 0.986. The van der Waals surface area contributed by atoms with Crippen LogP contribution in [0.3, 0.4) is 0 Å². The molecular weight excluding hydrogens is 374 g/mol. The lowest BCUT2D eigenvalue weighted by atomic mass is 10.2. The lowest BCUT2D eigenvalue weighted by molar-refractivity contribution is 0.103. The molecule has 4 aromatic rings. The number of fused-ring (bicyclic) bond motifs is 1. The summed E-state index contributed by atoms with van der Waals surface area (Å²) in [6, 6.07) is 17.7. The largest absolute Gasteiger partial charge is 0.296 e. The minimum atomic E-state index is -0.256. The number of amides is 1. The van der Waals surface area contributed by atoms with Gasteiger partial charge in [-0.3, -0.25) is 10.1 Å². The van der Waals surface area contributed by atoms with Crippen molar-refractivity contribution in [3.05, 3.63) is 75.1 Å². The number of nitrogens with zero attached hydrogens (tertiary/aromatic N) is 2. The molecule has 1 amide bonds. The zero-order chi connectivity index (χ0) is 17.2. The van der Waals surface area contributed by atoms with E-state index in [4.69, 9.17) is 11.6 Å². The second-order valence-electron chi connectivity index (χ2n) is 5.36. The van der Waals surface area contributed by atoms with Gasteiger partial charge < -0.3 is 0 Å². The number of hydrogen-bond acceptors (Lipinski definition) is 5. The zero-order valence-electron chi connectivity index (χ0n) is 12.9. The summed E-state index contributed by atoms with van der Waals surface area (Å²) in [6.07, 6.45) is 0.692. The van der Waals surface area contributed by atoms with Crippen LogP contribution in [0.4, 0.5) is 5.13 Å². The van der Waals surface area contributed by atoms with Gasteiger partial charge in [0, 0.05) is 16.5 Å². The van der Waals surface area contributed by atoms with Crippen molar-refractivity contribution in [2.75, 3.05) is 5.32 Å². The number of anilines is 1. The van der Waals surface area contributed by atoms with Crippen LogP contribution in [-0.4, -0.2) is 16.1 Å². The monoisotopic (exact) mass is 385 g/mol. The molecule has 2 heterocycles. The maximum absolute atomic E-state index is 12.5. The fraction of sp³-hybridized carbons (Fsp3) is 0.0556. The molecule has 0 aliphatic rings. The fourth-order valence-corrected chi connectivity index (χ4v) is 4.64. The van der Waals surface area contributed by atoms with Crippen LogP contribution in [0.1, 0.15) is 20.2 Å². The molecule has 0 bridgehead atoms. The molecule has 124 valence electrons. The van der Waals surface area contributed by atoms with E-state index >= 15 is 0 Å². The standard InChI is InChI=1S/C18H12ClN3OS2/c19-15-12-8-4-5-9-13(12)24-16(15)17(23)20-18-22-21-14(25-18)10-11-6-2-1-3-7-11/h1-9H,10H2,(H,20,22,23). The molecule has 25 heavy (non-hydrogen) atoms. The molecule has 0 saturated heterocycles. The number of aromatic nitrogens is 2. The SMILES string of the molecule is O=C(Nc1nnc(Cc2ccccc2)s1)c1sc2ccccc2c1Cl. The molecule has 4 nitrogen and oxygen atoms in total. The topological polar surface area (TPSA) is 54.9 Å². The number of rotatable bonds is 4. The van der Waals surface area contributed by atoms with Crippen LogP contribution in [0.15, 0.2) is 54.6 Å². The van der Waals surface area contributed by atoms with E-state index in [9.17, 15) is 4.79 Å². The Morgan fingerprint density at radius 1 is 1.00 bits per heavy atom. The normalized spacial score (nSPS) is 10.9.